The van der Waals surface area contributed by atoms with Crippen LogP contribution in [-0.2, 0) is 23.3 Å². The molecule has 2 aliphatic rings. The molecule has 0 spiro atoms. The highest BCUT2D eigenvalue weighted by Crippen LogP contribution is 2.44. The largest absolute Gasteiger partial charge is 0.369 e. The minimum atomic E-state index is -0.667. The molecule has 1 fully saturated rings. The molecule has 146 valence electrons. The number of nitrogens with zero attached hydrogens (tertiary/aromatic N) is 3. The van der Waals surface area contributed by atoms with Crippen LogP contribution in [0.15, 0.2) is 42.5 Å². The molecule has 2 amide bonds. The Kier molecular flexibility index (Phi) is 3.81. The van der Waals surface area contributed by atoms with E-state index < -0.39 is 5.41 Å². The molecule has 1 aliphatic carbocycles. The highest BCUT2D eigenvalue weighted by atomic mass is 16.2. The van der Waals surface area contributed by atoms with Crippen LogP contribution in [0.4, 0.5) is 5.95 Å². The summed E-state index contributed by atoms with van der Waals surface area (Å²) in [6.07, 6.45) is 2.39. The van der Waals surface area contributed by atoms with E-state index in [0.29, 0.717) is 36.8 Å². The number of benzene rings is 2. The van der Waals surface area contributed by atoms with Gasteiger partial charge in [-0.15, -0.1) is 0 Å². The second-order valence-corrected chi connectivity index (χ2v) is 7.89. The molecular formula is C22H21N5O2. The number of hydrogen-bond donors (Lipinski definition) is 2. The first kappa shape index (κ1) is 17.6. The molecule has 29 heavy (non-hydrogen) atoms. The van der Waals surface area contributed by atoms with Gasteiger partial charge in [0.25, 0.3) is 5.91 Å². The van der Waals surface area contributed by atoms with Gasteiger partial charge in [0.1, 0.15) is 5.69 Å². The molecule has 0 atom stereocenters. The van der Waals surface area contributed by atoms with Crippen molar-refractivity contribution in [2.75, 3.05) is 5.73 Å². The van der Waals surface area contributed by atoms with Gasteiger partial charge in [0.15, 0.2) is 0 Å². The van der Waals surface area contributed by atoms with E-state index in [9.17, 15) is 9.59 Å². The highest BCUT2D eigenvalue weighted by molar-refractivity contribution is 6.05. The van der Waals surface area contributed by atoms with Gasteiger partial charge >= 0.3 is 0 Å². The second-order valence-electron chi connectivity index (χ2n) is 7.89. The minimum absolute atomic E-state index is 0.0542. The minimum Gasteiger partial charge on any atom is -0.369 e. The van der Waals surface area contributed by atoms with Crippen molar-refractivity contribution in [1.82, 2.24) is 14.9 Å². The summed E-state index contributed by atoms with van der Waals surface area (Å²) in [5.41, 5.74) is 14.9. The predicted octanol–water partition coefficient (Wildman–Crippen LogP) is 2.28. The van der Waals surface area contributed by atoms with E-state index in [1.807, 2.05) is 36.4 Å². The lowest BCUT2D eigenvalue weighted by molar-refractivity contribution is -0.126. The SMILES string of the molecule is NC(=O)C1(c2ccc3nc(N)nc(C(=O)N4Cc5ccccc5C4)c3c2)CCC1. The Hall–Kier alpha value is -3.48. The summed E-state index contributed by atoms with van der Waals surface area (Å²) in [6, 6.07) is 13.5. The van der Waals surface area contributed by atoms with Gasteiger partial charge < -0.3 is 16.4 Å². The highest BCUT2D eigenvalue weighted by Gasteiger charge is 2.44. The molecule has 7 heteroatoms. The standard InChI is InChI=1S/C22H21N5O2/c23-20(29)22(8-3-9-22)15-6-7-17-16(10-15)18(26-21(24)25-17)19(28)27-11-13-4-1-2-5-14(13)12-27/h1-2,4-7,10H,3,8-9,11-12H2,(H2,23,29)(H2,24,25,26). The summed E-state index contributed by atoms with van der Waals surface area (Å²) >= 11 is 0. The zero-order valence-electron chi connectivity index (χ0n) is 15.9. The van der Waals surface area contributed by atoms with E-state index in [1.54, 1.807) is 11.0 Å². The number of rotatable bonds is 3. The number of amides is 2. The smallest absolute Gasteiger partial charge is 0.273 e. The topological polar surface area (TPSA) is 115 Å². The zero-order valence-corrected chi connectivity index (χ0v) is 15.9. The molecule has 4 N–H and O–H groups in total. The Bertz CT molecular complexity index is 1140. The summed E-state index contributed by atoms with van der Waals surface area (Å²) in [7, 11) is 0. The van der Waals surface area contributed by atoms with Crippen LogP contribution in [0.25, 0.3) is 10.9 Å². The fourth-order valence-corrected chi connectivity index (χ4v) is 4.44. The summed E-state index contributed by atoms with van der Waals surface area (Å²) < 4.78 is 0. The van der Waals surface area contributed by atoms with E-state index in [0.717, 1.165) is 23.1 Å². The molecule has 3 aromatic rings. The van der Waals surface area contributed by atoms with Gasteiger partial charge in [0.2, 0.25) is 11.9 Å². The molecule has 0 radical (unpaired) electrons. The molecule has 0 unspecified atom stereocenters. The Balaban J connectivity index is 1.59. The van der Waals surface area contributed by atoms with Crippen molar-refractivity contribution in [1.29, 1.82) is 0 Å². The predicted molar refractivity (Wildman–Crippen MR) is 109 cm³/mol. The number of nitrogens with two attached hydrogens (primary N) is 2. The Morgan fingerprint density at radius 2 is 1.69 bits per heavy atom. The van der Waals surface area contributed by atoms with E-state index >= 15 is 0 Å². The van der Waals surface area contributed by atoms with Crippen molar-refractivity contribution >= 4 is 28.7 Å². The fraction of sp³-hybridized carbons (Fsp3) is 0.273. The molecule has 5 rings (SSSR count). The monoisotopic (exact) mass is 387 g/mol. The van der Waals surface area contributed by atoms with Gasteiger partial charge in [-0.1, -0.05) is 36.8 Å². The molecular weight excluding hydrogens is 366 g/mol. The Morgan fingerprint density at radius 1 is 1.00 bits per heavy atom. The number of hydrogen-bond acceptors (Lipinski definition) is 5. The van der Waals surface area contributed by atoms with E-state index in [-0.39, 0.29) is 23.5 Å². The Labute approximate surface area is 167 Å². The molecule has 1 aliphatic heterocycles. The zero-order chi connectivity index (χ0) is 20.2. The summed E-state index contributed by atoms with van der Waals surface area (Å²) in [6.45, 7) is 1.07. The molecule has 1 aromatic heterocycles. The van der Waals surface area contributed by atoms with Crippen LogP contribution in [0.2, 0.25) is 0 Å². The molecule has 1 saturated carbocycles. The van der Waals surface area contributed by atoms with Gasteiger partial charge in [0.05, 0.1) is 10.9 Å². The number of primary amides is 1. The van der Waals surface area contributed by atoms with Crippen molar-refractivity contribution in [2.45, 2.75) is 37.8 Å². The lowest BCUT2D eigenvalue weighted by atomic mass is 9.64. The molecule has 2 heterocycles. The van der Waals surface area contributed by atoms with E-state index in [2.05, 4.69) is 9.97 Å². The van der Waals surface area contributed by atoms with Crippen LogP contribution < -0.4 is 11.5 Å². The van der Waals surface area contributed by atoms with Gasteiger partial charge in [-0.05, 0) is 41.7 Å². The number of aromatic nitrogens is 2. The van der Waals surface area contributed by atoms with E-state index in [1.165, 1.54) is 0 Å². The number of fused-ring (bicyclic) bond motifs is 2. The van der Waals surface area contributed by atoms with Crippen LogP contribution in [0, 0.1) is 0 Å². The summed E-state index contributed by atoms with van der Waals surface area (Å²) in [5, 5.41) is 0.602. The van der Waals surface area contributed by atoms with Crippen molar-refractivity contribution < 1.29 is 9.59 Å². The Morgan fingerprint density at radius 3 is 2.28 bits per heavy atom. The number of anilines is 1. The van der Waals surface area contributed by atoms with Gasteiger partial charge in [0, 0.05) is 18.5 Å². The lowest BCUT2D eigenvalue weighted by Crippen LogP contribution is -2.46. The third-order valence-corrected chi connectivity index (χ3v) is 6.27. The lowest BCUT2D eigenvalue weighted by Gasteiger charge is -2.39. The van der Waals surface area contributed by atoms with E-state index in [4.69, 9.17) is 11.5 Å². The van der Waals surface area contributed by atoms with Gasteiger partial charge in [-0.25, -0.2) is 9.97 Å². The molecule has 2 aromatic carbocycles. The third kappa shape index (κ3) is 2.65. The normalized spacial score (nSPS) is 17.0. The maximum absolute atomic E-state index is 13.3. The van der Waals surface area contributed by atoms with Crippen LogP contribution in [0.3, 0.4) is 0 Å². The van der Waals surface area contributed by atoms with Crippen molar-refractivity contribution in [3.8, 4) is 0 Å². The van der Waals surface area contributed by atoms with Crippen LogP contribution in [-0.4, -0.2) is 26.7 Å². The van der Waals surface area contributed by atoms with Crippen molar-refractivity contribution in [3.63, 3.8) is 0 Å². The quantitative estimate of drug-likeness (QED) is 0.715. The summed E-state index contributed by atoms with van der Waals surface area (Å²) in [5.74, 6) is -0.472. The number of carbonyl (C=O) groups excluding carboxylic acids is 2. The molecule has 0 saturated heterocycles. The first-order valence-corrected chi connectivity index (χ1v) is 9.72. The first-order valence-electron chi connectivity index (χ1n) is 9.72. The molecule has 7 nitrogen and oxygen atoms in total. The third-order valence-electron chi connectivity index (χ3n) is 6.27. The number of nitrogen functional groups attached to an aromatic ring is 1. The maximum Gasteiger partial charge on any atom is 0.273 e. The summed E-state index contributed by atoms with van der Waals surface area (Å²) in [4.78, 5) is 35.8. The van der Waals surface area contributed by atoms with Crippen molar-refractivity contribution in [2.24, 2.45) is 5.73 Å². The maximum atomic E-state index is 13.3. The molecule has 0 bridgehead atoms. The average molecular weight is 387 g/mol. The average Bonchev–Trinajstić information content (AvgIpc) is 3.10. The van der Waals surface area contributed by atoms with Crippen molar-refractivity contribution in [3.05, 3.63) is 64.8 Å². The van der Waals surface area contributed by atoms with Gasteiger partial charge in [-0.3, -0.25) is 9.59 Å². The fourth-order valence-electron chi connectivity index (χ4n) is 4.44. The van der Waals surface area contributed by atoms with Gasteiger partial charge in [-0.2, -0.15) is 0 Å². The number of carbonyl (C=O) groups is 2. The van der Waals surface area contributed by atoms with Crippen LogP contribution in [0.5, 0.6) is 0 Å². The second kappa shape index (κ2) is 6.27. The van der Waals surface area contributed by atoms with Crippen LogP contribution >= 0.6 is 0 Å². The first-order chi connectivity index (χ1) is 14.0. The van der Waals surface area contributed by atoms with Crippen LogP contribution in [0.1, 0.15) is 46.4 Å².